The Bertz CT molecular complexity index is 1070. The van der Waals surface area contributed by atoms with Crippen LogP contribution in [-0.4, -0.2) is 27.1 Å². The lowest BCUT2D eigenvalue weighted by Crippen LogP contribution is -2.20. The molecule has 0 spiro atoms. The minimum absolute atomic E-state index is 0.172. The van der Waals surface area contributed by atoms with Gasteiger partial charge in [-0.3, -0.25) is 9.59 Å². The molecule has 28 heavy (non-hydrogen) atoms. The summed E-state index contributed by atoms with van der Waals surface area (Å²) in [6, 6.07) is 6.21. The molecule has 3 aromatic rings. The number of thioether (sulfide) groups is 1. The number of aryl methyl sites for hydroxylation is 3. The third-order valence-corrected chi connectivity index (χ3v) is 5.74. The molecule has 0 aliphatic carbocycles. The van der Waals surface area contributed by atoms with Crippen LogP contribution in [0.2, 0.25) is 0 Å². The van der Waals surface area contributed by atoms with Gasteiger partial charge in [0.05, 0.1) is 5.69 Å². The fourth-order valence-corrected chi connectivity index (χ4v) is 4.10. The van der Waals surface area contributed by atoms with Crippen LogP contribution in [0.4, 0.5) is 5.13 Å². The number of carbonyl (C=O) groups excluding carboxylic acids is 1. The van der Waals surface area contributed by atoms with E-state index in [9.17, 15) is 9.59 Å². The van der Waals surface area contributed by atoms with Crippen LogP contribution in [0.25, 0.3) is 11.3 Å². The number of H-pyrrole nitrogens is 1. The molecular weight excluding hydrogens is 392 g/mol. The summed E-state index contributed by atoms with van der Waals surface area (Å²) in [5.41, 5.74) is 5.28. The topological polar surface area (TPSA) is 87.7 Å². The molecule has 0 saturated carbocycles. The van der Waals surface area contributed by atoms with Crippen LogP contribution in [0.1, 0.15) is 28.8 Å². The second-order valence-electron chi connectivity index (χ2n) is 6.54. The molecule has 0 bridgehead atoms. The molecule has 6 nitrogen and oxygen atoms in total. The van der Waals surface area contributed by atoms with Gasteiger partial charge in [0, 0.05) is 28.6 Å². The second-order valence-corrected chi connectivity index (χ2v) is 8.20. The van der Waals surface area contributed by atoms with Gasteiger partial charge in [-0.2, -0.15) is 0 Å². The van der Waals surface area contributed by atoms with Crippen molar-refractivity contribution in [3.8, 4) is 11.3 Å². The highest BCUT2D eigenvalue weighted by Gasteiger charge is 2.13. The highest BCUT2D eigenvalue weighted by atomic mass is 32.2. The van der Waals surface area contributed by atoms with E-state index < -0.39 is 0 Å². The Morgan fingerprint density at radius 1 is 1.25 bits per heavy atom. The molecule has 0 fully saturated rings. The van der Waals surface area contributed by atoms with Crippen LogP contribution < -0.4 is 10.9 Å². The Balaban J connectivity index is 1.65. The molecule has 0 atom stereocenters. The first-order chi connectivity index (χ1) is 13.4. The molecule has 0 saturated heterocycles. The van der Waals surface area contributed by atoms with Crippen molar-refractivity contribution in [1.82, 2.24) is 15.0 Å². The molecule has 0 aliphatic heterocycles. The number of anilines is 1. The van der Waals surface area contributed by atoms with Gasteiger partial charge in [-0.05, 0) is 39.0 Å². The normalized spacial score (nSPS) is 10.9. The second kappa shape index (κ2) is 8.70. The van der Waals surface area contributed by atoms with E-state index in [2.05, 4.69) is 46.2 Å². The van der Waals surface area contributed by atoms with Gasteiger partial charge in [0.1, 0.15) is 0 Å². The van der Waals surface area contributed by atoms with E-state index in [4.69, 9.17) is 0 Å². The quantitative estimate of drug-likeness (QED) is 0.468. The molecule has 2 N–H and O–H groups in total. The van der Waals surface area contributed by atoms with Crippen molar-refractivity contribution in [3.63, 3.8) is 0 Å². The molecule has 2 aromatic heterocycles. The summed E-state index contributed by atoms with van der Waals surface area (Å²) in [6.45, 7) is 5.90. The van der Waals surface area contributed by atoms with E-state index in [0.717, 1.165) is 16.8 Å². The van der Waals surface area contributed by atoms with Crippen LogP contribution in [0.5, 0.6) is 0 Å². The van der Waals surface area contributed by atoms with Gasteiger partial charge in [-0.1, -0.05) is 35.5 Å². The van der Waals surface area contributed by atoms with Crippen LogP contribution in [-0.2, 0) is 11.2 Å². The molecule has 0 radical (unpaired) electrons. The maximum Gasteiger partial charge on any atom is 0.254 e. The number of benzene rings is 1. The number of thiazole rings is 1. The third kappa shape index (κ3) is 4.69. The van der Waals surface area contributed by atoms with Gasteiger partial charge in [-0.15, -0.1) is 11.3 Å². The predicted octanol–water partition coefficient (Wildman–Crippen LogP) is 4.11. The Morgan fingerprint density at radius 3 is 2.71 bits per heavy atom. The summed E-state index contributed by atoms with van der Waals surface area (Å²) in [5, 5.41) is 5.90. The number of nitrogens with zero attached hydrogens (tertiary/aromatic N) is 2. The van der Waals surface area contributed by atoms with Crippen molar-refractivity contribution in [2.45, 2.75) is 38.8 Å². The summed E-state index contributed by atoms with van der Waals surface area (Å²) in [4.78, 5) is 36.0. The molecule has 2 heterocycles. The first-order valence-electron chi connectivity index (χ1n) is 8.84. The number of carbonyl (C=O) groups is 1. The molecule has 1 amide bonds. The summed E-state index contributed by atoms with van der Waals surface area (Å²) in [6.07, 6.45) is 2.39. The van der Waals surface area contributed by atoms with Crippen LogP contribution in [0.15, 0.2) is 33.5 Å². The van der Waals surface area contributed by atoms with E-state index in [1.54, 1.807) is 6.92 Å². The molecule has 3 rings (SSSR count). The van der Waals surface area contributed by atoms with Gasteiger partial charge in [-0.25, -0.2) is 9.97 Å². The summed E-state index contributed by atoms with van der Waals surface area (Å²) >= 11 is 2.77. The van der Waals surface area contributed by atoms with Gasteiger partial charge in [0.2, 0.25) is 5.91 Å². The minimum Gasteiger partial charge on any atom is -0.302 e. The lowest BCUT2D eigenvalue weighted by molar-refractivity contribution is -0.116. The molecule has 0 aliphatic rings. The fraction of sp³-hybridized carbons (Fsp3) is 0.300. The predicted molar refractivity (Wildman–Crippen MR) is 115 cm³/mol. The Morgan fingerprint density at radius 2 is 2.04 bits per heavy atom. The fourth-order valence-electron chi connectivity index (χ4n) is 2.95. The number of aromatic nitrogens is 3. The van der Waals surface area contributed by atoms with Gasteiger partial charge >= 0.3 is 0 Å². The van der Waals surface area contributed by atoms with Gasteiger partial charge in [0.25, 0.3) is 5.56 Å². The van der Waals surface area contributed by atoms with Crippen molar-refractivity contribution in [1.29, 1.82) is 0 Å². The van der Waals surface area contributed by atoms with Crippen molar-refractivity contribution < 1.29 is 4.79 Å². The Kier molecular flexibility index (Phi) is 6.31. The van der Waals surface area contributed by atoms with Crippen molar-refractivity contribution >= 4 is 34.1 Å². The molecule has 0 unspecified atom stereocenters. The largest absolute Gasteiger partial charge is 0.302 e. The lowest BCUT2D eigenvalue weighted by Gasteiger charge is -2.06. The highest BCUT2D eigenvalue weighted by Crippen LogP contribution is 2.28. The zero-order chi connectivity index (χ0) is 20.3. The maximum absolute atomic E-state index is 12.3. The zero-order valence-corrected chi connectivity index (χ0v) is 17.9. The van der Waals surface area contributed by atoms with Crippen LogP contribution in [0.3, 0.4) is 0 Å². The minimum atomic E-state index is -0.184. The van der Waals surface area contributed by atoms with E-state index in [-0.39, 0.29) is 17.9 Å². The lowest BCUT2D eigenvalue weighted by atomic mass is 10.0. The number of nitrogens with one attached hydrogen (secondary N) is 2. The first kappa shape index (κ1) is 20.3. The average molecular weight is 415 g/mol. The number of hydrogen-bond acceptors (Lipinski definition) is 6. The monoisotopic (exact) mass is 414 g/mol. The molecule has 1 aromatic carbocycles. The number of amides is 1. The molecule has 146 valence electrons. The van der Waals surface area contributed by atoms with Gasteiger partial charge in [0.15, 0.2) is 10.3 Å². The molecule has 8 heteroatoms. The summed E-state index contributed by atoms with van der Waals surface area (Å²) < 4.78 is 0. The SMILES string of the molecule is CSc1nc(C)c(CCC(=O)Nc2nc(-c3ccc(C)cc3C)cs2)c(=O)[nH]1. The Hall–Kier alpha value is -2.45. The third-order valence-electron chi connectivity index (χ3n) is 4.40. The highest BCUT2D eigenvalue weighted by molar-refractivity contribution is 7.98. The number of hydrogen-bond donors (Lipinski definition) is 2. The van der Waals surface area contributed by atoms with E-state index in [1.165, 1.54) is 28.7 Å². The standard InChI is InChI=1S/C20H22N4O2S2/c1-11-5-6-14(12(2)9-11)16-10-28-20(22-16)23-17(25)8-7-15-13(3)21-19(27-4)24-18(15)26/h5-6,9-10H,7-8H2,1-4H3,(H,21,24,26)(H,22,23,25). The number of rotatable bonds is 6. The van der Waals surface area contributed by atoms with Crippen molar-refractivity contribution in [2.75, 3.05) is 11.6 Å². The van der Waals surface area contributed by atoms with E-state index in [0.29, 0.717) is 28.0 Å². The van der Waals surface area contributed by atoms with Crippen LogP contribution >= 0.6 is 23.1 Å². The average Bonchev–Trinajstić information content (AvgIpc) is 3.08. The van der Waals surface area contributed by atoms with Crippen molar-refractivity contribution in [2.24, 2.45) is 0 Å². The molecular formula is C20H22N4O2S2. The van der Waals surface area contributed by atoms with Gasteiger partial charge < -0.3 is 10.3 Å². The Labute approximate surface area is 171 Å². The van der Waals surface area contributed by atoms with E-state index in [1.807, 2.05) is 17.7 Å². The smallest absolute Gasteiger partial charge is 0.254 e. The first-order valence-corrected chi connectivity index (χ1v) is 10.9. The number of aromatic amines is 1. The zero-order valence-electron chi connectivity index (χ0n) is 16.3. The van der Waals surface area contributed by atoms with Crippen molar-refractivity contribution in [3.05, 3.63) is 56.3 Å². The van der Waals surface area contributed by atoms with Crippen LogP contribution in [0, 0.1) is 20.8 Å². The summed E-state index contributed by atoms with van der Waals surface area (Å²) in [5.74, 6) is -0.172. The van der Waals surface area contributed by atoms with E-state index >= 15 is 0 Å². The summed E-state index contributed by atoms with van der Waals surface area (Å²) in [7, 11) is 0. The maximum atomic E-state index is 12.3.